The Morgan fingerprint density at radius 3 is 3.05 bits per heavy atom. The van der Waals surface area contributed by atoms with Gasteiger partial charge in [-0.1, -0.05) is 12.1 Å². The monoisotopic (exact) mass is 257 g/mol. The molecule has 1 aromatic heterocycles. The predicted octanol–water partition coefficient (Wildman–Crippen LogP) is 1.19. The maximum atomic E-state index is 11.9. The van der Waals surface area contributed by atoms with Crippen molar-refractivity contribution in [2.24, 2.45) is 0 Å². The number of amides is 1. The summed E-state index contributed by atoms with van der Waals surface area (Å²) in [5, 5.41) is 13.6. The zero-order valence-corrected chi connectivity index (χ0v) is 10.5. The summed E-state index contributed by atoms with van der Waals surface area (Å²) >= 11 is 0. The van der Waals surface area contributed by atoms with Gasteiger partial charge in [0.25, 0.3) is 0 Å². The standard InChI is InChI=1S/C13H15N5O/c19-13(8-18-9-14-16-17-18)15-12-7-3-5-10-4-1-2-6-11(10)12/h3,5,7,9H,1-2,4,6,8H2,(H,15,19). The topological polar surface area (TPSA) is 72.7 Å². The van der Waals surface area contributed by atoms with Crippen molar-refractivity contribution in [3.63, 3.8) is 0 Å². The Labute approximate surface area is 110 Å². The molecule has 0 aliphatic heterocycles. The number of carbonyl (C=O) groups excluding carboxylic acids is 1. The van der Waals surface area contributed by atoms with Crippen molar-refractivity contribution in [3.8, 4) is 0 Å². The van der Waals surface area contributed by atoms with Crippen LogP contribution in [0.5, 0.6) is 0 Å². The number of hydrogen-bond donors (Lipinski definition) is 1. The first kappa shape index (κ1) is 11.8. The van der Waals surface area contributed by atoms with Crippen LogP contribution in [0.3, 0.4) is 0 Å². The van der Waals surface area contributed by atoms with Gasteiger partial charge in [0, 0.05) is 5.69 Å². The third kappa shape index (κ3) is 2.62. The quantitative estimate of drug-likeness (QED) is 0.896. The highest BCUT2D eigenvalue weighted by Gasteiger charge is 2.14. The lowest BCUT2D eigenvalue weighted by Crippen LogP contribution is -2.20. The number of tetrazole rings is 1. The van der Waals surface area contributed by atoms with E-state index in [0.717, 1.165) is 18.5 Å². The van der Waals surface area contributed by atoms with E-state index in [-0.39, 0.29) is 12.5 Å². The molecule has 98 valence electrons. The van der Waals surface area contributed by atoms with E-state index in [1.807, 2.05) is 12.1 Å². The molecule has 0 spiro atoms. The smallest absolute Gasteiger partial charge is 0.246 e. The third-order valence-electron chi connectivity index (χ3n) is 3.37. The van der Waals surface area contributed by atoms with Gasteiger partial charge < -0.3 is 5.32 Å². The number of anilines is 1. The molecule has 1 aliphatic carbocycles. The number of fused-ring (bicyclic) bond motifs is 1. The van der Waals surface area contributed by atoms with Crippen LogP contribution in [0.4, 0.5) is 5.69 Å². The van der Waals surface area contributed by atoms with Gasteiger partial charge in [0.1, 0.15) is 12.9 Å². The minimum atomic E-state index is -0.105. The largest absolute Gasteiger partial charge is 0.324 e. The Balaban J connectivity index is 1.74. The van der Waals surface area contributed by atoms with Crippen molar-refractivity contribution in [2.45, 2.75) is 32.2 Å². The highest BCUT2D eigenvalue weighted by molar-refractivity contribution is 5.91. The fraction of sp³-hybridized carbons (Fsp3) is 0.385. The number of nitrogens with zero attached hydrogens (tertiary/aromatic N) is 4. The summed E-state index contributed by atoms with van der Waals surface area (Å²) in [6.45, 7) is 0.136. The van der Waals surface area contributed by atoms with Crippen LogP contribution in [0, 0.1) is 0 Å². The minimum absolute atomic E-state index is 0.105. The average Bonchev–Trinajstić information content (AvgIpc) is 2.92. The molecule has 0 atom stereocenters. The molecule has 0 fully saturated rings. The van der Waals surface area contributed by atoms with Crippen molar-refractivity contribution < 1.29 is 4.79 Å². The van der Waals surface area contributed by atoms with Crippen molar-refractivity contribution in [3.05, 3.63) is 35.7 Å². The number of nitrogens with one attached hydrogen (secondary N) is 1. The number of hydrogen-bond acceptors (Lipinski definition) is 4. The Morgan fingerprint density at radius 2 is 2.21 bits per heavy atom. The number of aryl methyl sites for hydroxylation is 1. The van der Waals surface area contributed by atoms with Crippen molar-refractivity contribution >= 4 is 11.6 Å². The molecule has 19 heavy (non-hydrogen) atoms. The molecule has 0 radical (unpaired) electrons. The Kier molecular flexibility index (Phi) is 3.22. The number of rotatable bonds is 3. The molecule has 1 heterocycles. The lowest BCUT2D eigenvalue weighted by atomic mass is 9.90. The molecule has 0 unspecified atom stereocenters. The van der Waals surface area contributed by atoms with Gasteiger partial charge in [0.2, 0.25) is 5.91 Å². The first-order chi connectivity index (χ1) is 9.33. The van der Waals surface area contributed by atoms with Gasteiger partial charge in [-0.15, -0.1) is 5.10 Å². The van der Waals surface area contributed by atoms with Crippen LogP contribution in [0.25, 0.3) is 0 Å². The van der Waals surface area contributed by atoms with E-state index in [0.29, 0.717) is 0 Å². The van der Waals surface area contributed by atoms with Crippen LogP contribution in [0.2, 0.25) is 0 Å². The van der Waals surface area contributed by atoms with E-state index >= 15 is 0 Å². The SMILES string of the molecule is O=C(Cn1cnnn1)Nc1cccc2c1CCCC2. The summed E-state index contributed by atoms with van der Waals surface area (Å²) in [6, 6.07) is 6.10. The normalized spacial score (nSPS) is 13.9. The van der Waals surface area contributed by atoms with Crippen molar-refractivity contribution in [2.75, 3.05) is 5.32 Å². The Morgan fingerprint density at radius 1 is 1.32 bits per heavy atom. The number of benzene rings is 1. The van der Waals surface area contributed by atoms with E-state index in [4.69, 9.17) is 0 Å². The molecule has 1 amide bonds. The molecule has 0 bridgehead atoms. The predicted molar refractivity (Wildman–Crippen MR) is 69.5 cm³/mol. The van der Waals surface area contributed by atoms with Gasteiger partial charge in [-0.2, -0.15) is 0 Å². The summed E-state index contributed by atoms with van der Waals surface area (Å²) < 4.78 is 1.41. The van der Waals surface area contributed by atoms with Crippen LogP contribution in [-0.4, -0.2) is 26.1 Å². The molecule has 6 heteroatoms. The Hall–Kier alpha value is -2.24. The summed E-state index contributed by atoms with van der Waals surface area (Å²) in [7, 11) is 0. The third-order valence-corrected chi connectivity index (χ3v) is 3.37. The molecule has 6 nitrogen and oxygen atoms in total. The maximum absolute atomic E-state index is 11.9. The van der Waals surface area contributed by atoms with Crippen LogP contribution < -0.4 is 5.32 Å². The zero-order valence-electron chi connectivity index (χ0n) is 10.5. The van der Waals surface area contributed by atoms with Gasteiger partial charge in [-0.05, 0) is 53.3 Å². The summed E-state index contributed by atoms with van der Waals surface area (Å²) in [6.07, 6.45) is 5.99. The van der Waals surface area contributed by atoms with E-state index < -0.39 is 0 Å². The van der Waals surface area contributed by atoms with Crippen LogP contribution in [0.15, 0.2) is 24.5 Å². The lowest BCUT2D eigenvalue weighted by molar-refractivity contribution is -0.116. The first-order valence-electron chi connectivity index (χ1n) is 6.44. The second kappa shape index (κ2) is 5.17. The van der Waals surface area contributed by atoms with Crippen molar-refractivity contribution in [1.29, 1.82) is 0 Å². The van der Waals surface area contributed by atoms with Gasteiger partial charge in [-0.25, -0.2) is 4.68 Å². The summed E-state index contributed by atoms with van der Waals surface area (Å²) in [5.74, 6) is -0.105. The highest BCUT2D eigenvalue weighted by Crippen LogP contribution is 2.27. The molecule has 1 aromatic carbocycles. The van der Waals surface area contributed by atoms with Gasteiger partial charge in [0.05, 0.1) is 0 Å². The molecular formula is C13H15N5O. The van der Waals surface area contributed by atoms with E-state index in [1.54, 1.807) is 0 Å². The first-order valence-corrected chi connectivity index (χ1v) is 6.44. The number of aromatic nitrogens is 4. The van der Waals surface area contributed by atoms with Gasteiger partial charge in [-0.3, -0.25) is 4.79 Å². The fourth-order valence-electron chi connectivity index (χ4n) is 2.49. The molecule has 0 saturated heterocycles. The fourth-order valence-corrected chi connectivity index (χ4v) is 2.49. The summed E-state index contributed by atoms with van der Waals surface area (Å²) in [4.78, 5) is 11.9. The average molecular weight is 257 g/mol. The van der Waals surface area contributed by atoms with Gasteiger partial charge in [0.15, 0.2) is 0 Å². The van der Waals surface area contributed by atoms with E-state index in [9.17, 15) is 4.79 Å². The van der Waals surface area contributed by atoms with E-state index in [1.165, 1.54) is 35.0 Å². The second-order valence-electron chi connectivity index (χ2n) is 4.71. The highest BCUT2D eigenvalue weighted by atomic mass is 16.2. The number of carbonyl (C=O) groups is 1. The molecule has 2 aromatic rings. The molecule has 1 aliphatic rings. The van der Waals surface area contributed by atoms with Crippen LogP contribution in [0.1, 0.15) is 24.0 Å². The minimum Gasteiger partial charge on any atom is -0.324 e. The zero-order chi connectivity index (χ0) is 13.1. The van der Waals surface area contributed by atoms with Crippen molar-refractivity contribution in [1.82, 2.24) is 20.2 Å². The van der Waals surface area contributed by atoms with Crippen LogP contribution >= 0.6 is 0 Å². The van der Waals surface area contributed by atoms with E-state index in [2.05, 4.69) is 26.9 Å². The Bertz CT molecular complexity index is 579. The molecular weight excluding hydrogens is 242 g/mol. The molecule has 1 N–H and O–H groups in total. The second-order valence-corrected chi connectivity index (χ2v) is 4.71. The van der Waals surface area contributed by atoms with Gasteiger partial charge >= 0.3 is 0 Å². The molecule has 0 saturated carbocycles. The maximum Gasteiger partial charge on any atom is 0.246 e. The summed E-state index contributed by atoms with van der Waals surface area (Å²) in [5.41, 5.74) is 3.56. The lowest BCUT2D eigenvalue weighted by Gasteiger charge is -2.19. The van der Waals surface area contributed by atoms with Crippen LogP contribution in [-0.2, 0) is 24.2 Å². The molecule has 3 rings (SSSR count).